The number of aryl methyl sites for hydroxylation is 1. The SMILES string of the molecule is CCc1ccc(C(O)C(CC)NC2CCCCC2C)cc1. The highest BCUT2D eigenvalue weighted by atomic mass is 16.3. The number of aliphatic hydroxyl groups excluding tert-OH is 1. The van der Waals surface area contributed by atoms with Crippen LogP contribution in [0.3, 0.4) is 0 Å². The van der Waals surface area contributed by atoms with E-state index in [4.69, 9.17) is 0 Å². The van der Waals surface area contributed by atoms with Crippen molar-refractivity contribution in [1.82, 2.24) is 5.32 Å². The first-order valence-electron chi connectivity index (χ1n) is 8.68. The summed E-state index contributed by atoms with van der Waals surface area (Å²) in [5.41, 5.74) is 2.36. The summed E-state index contributed by atoms with van der Waals surface area (Å²) < 4.78 is 0. The van der Waals surface area contributed by atoms with Crippen molar-refractivity contribution in [1.29, 1.82) is 0 Å². The molecule has 1 aliphatic rings. The van der Waals surface area contributed by atoms with Gasteiger partial charge in [0.1, 0.15) is 0 Å². The van der Waals surface area contributed by atoms with E-state index < -0.39 is 6.10 Å². The summed E-state index contributed by atoms with van der Waals surface area (Å²) in [6.07, 6.45) is 6.84. The number of rotatable bonds is 6. The van der Waals surface area contributed by atoms with Crippen molar-refractivity contribution in [3.63, 3.8) is 0 Å². The van der Waals surface area contributed by atoms with Gasteiger partial charge in [-0.05, 0) is 42.7 Å². The number of nitrogens with one attached hydrogen (secondary N) is 1. The molecule has 2 rings (SSSR count). The molecule has 0 radical (unpaired) electrons. The molecular weight excluding hydrogens is 258 g/mol. The Balaban J connectivity index is 2.01. The first-order chi connectivity index (χ1) is 10.2. The molecule has 118 valence electrons. The minimum atomic E-state index is -0.407. The lowest BCUT2D eigenvalue weighted by atomic mass is 9.84. The summed E-state index contributed by atoms with van der Waals surface area (Å²) >= 11 is 0. The summed E-state index contributed by atoms with van der Waals surface area (Å²) in [4.78, 5) is 0. The van der Waals surface area contributed by atoms with Crippen molar-refractivity contribution in [3.8, 4) is 0 Å². The fourth-order valence-electron chi connectivity index (χ4n) is 3.45. The monoisotopic (exact) mass is 289 g/mol. The molecule has 0 aliphatic heterocycles. The summed E-state index contributed by atoms with van der Waals surface area (Å²) in [5, 5.41) is 14.4. The Morgan fingerprint density at radius 1 is 1.14 bits per heavy atom. The van der Waals surface area contributed by atoms with E-state index in [1.807, 2.05) is 0 Å². The van der Waals surface area contributed by atoms with Gasteiger partial charge in [-0.1, -0.05) is 57.9 Å². The zero-order valence-corrected chi connectivity index (χ0v) is 13.8. The van der Waals surface area contributed by atoms with Gasteiger partial charge in [0, 0.05) is 12.1 Å². The van der Waals surface area contributed by atoms with Crippen LogP contribution >= 0.6 is 0 Å². The van der Waals surface area contributed by atoms with Crippen molar-refractivity contribution < 1.29 is 5.11 Å². The summed E-state index contributed by atoms with van der Waals surface area (Å²) in [6, 6.07) is 9.15. The van der Waals surface area contributed by atoms with Crippen molar-refractivity contribution in [3.05, 3.63) is 35.4 Å². The van der Waals surface area contributed by atoms with E-state index in [-0.39, 0.29) is 6.04 Å². The quantitative estimate of drug-likeness (QED) is 0.821. The molecule has 2 heteroatoms. The minimum Gasteiger partial charge on any atom is -0.387 e. The van der Waals surface area contributed by atoms with Gasteiger partial charge in [-0.2, -0.15) is 0 Å². The van der Waals surface area contributed by atoms with E-state index in [0.29, 0.717) is 6.04 Å². The molecule has 1 aromatic carbocycles. The molecule has 0 aromatic heterocycles. The van der Waals surface area contributed by atoms with Gasteiger partial charge in [0.15, 0.2) is 0 Å². The number of hydrogen-bond acceptors (Lipinski definition) is 2. The lowest BCUT2D eigenvalue weighted by Gasteiger charge is -2.35. The summed E-state index contributed by atoms with van der Waals surface area (Å²) in [6.45, 7) is 6.66. The van der Waals surface area contributed by atoms with Gasteiger partial charge < -0.3 is 10.4 Å². The molecule has 2 N–H and O–H groups in total. The predicted octanol–water partition coefficient (Wildman–Crippen LogP) is 4.23. The van der Waals surface area contributed by atoms with Crippen LogP contribution in [0.5, 0.6) is 0 Å². The van der Waals surface area contributed by atoms with Crippen molar-refractivity contribution >= 4 is 0 Å². The highest BCUT2D eigenvalue weighted by Crippen LogP contribution is 2.27. The molecule has 1 aromatic rings. The molecule has 4 atom stereocenters. The van der Waals surface area contributed by atoms with Crippen molar-refractivity contribution in [2.45, 2.75) is 77.5 Å². The maximum Gasteiger partial charge on any atom is 0.0942 e. The van der Waals surface area contributed by atoms with Crippen LogP contribution in [0.2, 0.25) is 0 Å². The Hall–Kier alpha value is -0.860. The highest BCUT2D eigenvalue weighted by molar-refractivity contribution is 5.25. The van der Waals surface area contributed by atoms with Gasteiger partial charge in [0.25, 0.3) is 0 Å². The second-order valence-electron chi connectivity index (χ2n) is 6.59. The van der Waals surface area contributed by atoms with Crippen LogP contribution in [0, 0.1) is 5.92 Å². The Kier molecular flexibility index (Phi) is 6.25. The smallest absolute Gasteiger partial charge is 0.0942 e. The number of benzene rings is 1. The molecule has 0 amide bonds. The Labute approximate surface area is 130 Å². The second kappa shape index (κ2) is 7.95. The lowest BCUT2D eigenvalue weighted by Crippen LogP contribution is -2.46. The normalized spacial score (nSPS) is 25.5. The van der Waals surface area contributed by atoms with Crippen LogP contribution in [0.25, 0.3) is 0 Å². The topological polar surface area (TPSA) is 32.3 Å². The molecule has 1 fully saturated rings. The third kappa shape index (κ3) is 4.31. The third-order valence-electron chi connectivity index (χ3n) is 5.09. The van der Waals surface area contributed by atoms with E-state index >= 15 is 0 Å². The van der Waals surface area contributed by atoms with E-state index in [9.17, 15) is 5.11 Å². The average molecular weight is 289 g/mol. The van der Waals surface area contributed by atoms with Crippen molar-refractivity contribution in [2.75, 3.05) is 0 Å². The molecule has 0 saturated heterocycles. The zero-order valence-electron chi connectivity index (χ0n) is 13.8. The lowest BCUT2D eigenvalue weighted by molar-refractivity contribution is 0.107. The van der Waals surface area contributed by atoms with Crippen LogP contribution in [0.1, 0.15) is 70.1 Å². The van der Waals surface area contributed by atoms with E-state index in [1.165, 1.54) is 31.2 Å². The fraction of sp³-hybridized carbons (Fsp3) is 0.684. The Morgan fingerprint density at radius 3 is 2.38 bits per heavy atom. The van der Waals surface area contributed by atoms with Crippen LogP contribution < -0.4 is 5.32 Å². The van der Waals surface area contributed by atoms with Gasteiger partial charge >= 0.3 is 0 Å². The zero-order chi connectivity index (χ0) is 15.2. The van der Waals surface area contributed by atoms with Gasteiger partial charge in [-0.25, -0.2) is 0 Å². The second-order valence-corrected chi connectivity index (χ2v) is 6.59. The van der Waals surface area contributed by atoms with Gasteiger partial charge in [-0.15, -0.1) is 0 Å². The molecular formula is C19H31NO. The first kappa shape index (κ1) is 16.5. The van der Waals surface area contributed by atoms with Crippen LogP contribution in [-0.4, -0.2) is 17.2 Å². The fourth-order valence-corrected chi connectivity index (χ4v) is 3.45. The maximum absolute atomic E-state index is 10.7. The van der Waals surface area contributed by atoms with Gasteiger partial charge in [0.05, 0.1) is 6.10 Å². The summed E-state index contributed by atoms with van der Waals surface area (Å²) in [5.74, 6) is 0.725. The predicted molar refractivity (Wildman–Crippen MR) is 89.4 cm³/mol. The van der Waals surface area contributed by atoms with E-state index in [0.717, 1.165) is 24.3 Å². The molecule has 21 heavy (non-hydrogen) atoms. The molecule has 1 aliphatic carbocycles. The highest BCUT2D eigenvalue weighted by Gasteiger charge is 2.27. The van der Waals surface area contributed by atoms with Gasteiger partial charge in [-0.3, -0.25) is 0 Å². The van der Waals surface area contributed by atoms with Crippen LogP contribution in [0.4, 0.5) is 0 Å². The maximum atomic E-state index is 10.7. The Bertz CT molecular complexity index is 414. The molecule has 1 saturated carbocycles. The molecule has 0 bridgehead atoms. The van der Waals surface area contributed by atoms with E-state index in [1.54, 1.807) is 0 Å². The minimum absolute atomic E-state index is 0.156. The number of hydrogen-bond donors (Lipinski definition) is 2. The Morgan fingerprint density at radius 2 is 1.81 bits per heavy atom. The first-order valence-corrected chi connectivity index (χ1v) is 8.68. The molecule has 0 heterocycles. The average Bonchev–Trinajstić information content (AvgIpc) is 2.53. The molecule has 4 unspecified atom stereocenters. The van der Waals surface area contributed by atoms with Crippen LogP contribution in [0.15, 0.2) is 24.3 Å². The van der Waals surface area contributed by atoms with E-state index in [2.05, 4.69) is 50.4 Å². The number of aliphatic hydroxyl groups is 1. The van der Waals surface area contributed by atoms with Gasteiger partial charge in [0.2, 0.25) is 0 Å². The largest absolute Gasteiger partial charge is 0.387 e. The van der Waals surface area contributed by atoms with Crippen molar-refractivity contribution in [2.24, 2.45) is 5.92 Å². The van der Waals surface area contributed by atoms with Crippen LogP contribution in [-0.2, 0) is 6.42 Å². The molecule has 2 nitrogen and oxygen atoms in total. The standard InChI is InChI=1S/C19H31NO/c1-4-15-10-12-16(13-11-15)19(21)17(5-2)20-18-9-7-6-8-14(18)3/h10-14,17-21H,4-9H2,1-3H3. The third-order valence-corrected chi connectivity index (χ3v) is 5.09. The summed E-state index contributed by atoms with van der Waals surface area (Å²) in [7, 11) is 0. The molecule has 0 spiro atoms.